The van der Waals surface area contributed by atoms with Crippen molar-refractivity contribution in [2.75, 3.05) is 0 Å². The molecule has 0 bridgehead atoms. The van der Waals surface area contributed by atoms with Crippen LogP contribution in [0.4, 0.5) is 0 Å². The molecule has 2 rings (SSSR count). The Morgan fingerprint density at radius 2 is 2.38 bits per heavy atom. The minimum Gasteiger partial charge on any atom is -0.466 e. The van der Waals surface area contributed by atoms with Crippen molar-refractivity contribution in [1.82, 2.24) is 9.36 Å². The lowest BCUT2D eigenvalue weighted by atomic mass is 9.90. The van der Waals surface area contributed by atoms with E-state index < -0.39 is 0 Å². The van der Waals surface area contributed by atoms with E-state index in [-0.39, 0.29) is 6.10 Å². The van der Waals surface area contributed by atoms with E-state index in [9.17, 15) is 0 Å². The molecule has 4 nitrogen and oxygen atoms in total. The van der Waals surface area contributed by atoms with Crippen LogP contribution in [0.15, 0.2) is 0 Å². The quantitative estimate of drug-likeness (QED) is 0.788. The summed E-state index contributed by atoms with van der Waals surface area (Å²) in [6.45, 7) is 2.03. The highest BCUT2D eigenvalue weighted by molar-refractivity contribution is 7.07. The van der Waals surface area contributed by atoms with E-state index in [0.29, 0.717) is 11.2 Å². The van der Waals surface area contributed by atoms with Gasteiger partial charge in [-0.1, -0.05) is 6.92 Å². The van der Waals surface area contributed by atoms with Crippen LogP contribution in [0.1, 0.15) is 25.6 Å². The van der Waals surface area contributed by atoms with Gasteiger partial charge in [0.05, 0.1) is 0 Å². The molecule has 0 saturated heterocycles. The Kier molecular flexibility index (Phi) is 2.46. The monoisotopic (exact) mass is 199 g/mol. The summed E-state index contributed by atoms with van der Waals surface area (Å²) in [6.07, 6.45) is 3.03. The molecule has 0 radical (unpaired) electrons. The molecule has 0 atom stereocenters. The molecule has 1 aliphatic rings. The van der Waals surface area contributed by atoms with Crippen LogP contribution in [0.3, 0.4) is 0 Å². The Bertz CT molecular complexity index is 283. The van der Waals surface area contributed by atoms with Gasteiger partial charge >= 0.3 is 0 Å². The molecule has 0 aromatic carbocycles. The van der Waals surface area contributed by atoms with Crippen molar-refractivity contribution in [2.24, 2.45) is 5.73 Å². The molecule has 0 spiro atoms. The highest BCUT2D eigenvalue weighted by Gasteiger charge is 2.28. The van der Waals surface area contributed by atoms with E-state index in [1.165, 1.54) is 11.5 Å². The SMILES string of the molecule is CCc1nsc(OC2CC(N)C2)n1. The minimum absolute atomic E-state index is 0.271. The standard InChI is InChI=1S/C8H13N3OS/c1-2-7-10-8(13-11-7)12-6-3-5(9)4-6/h5-6H,2-4,9H2,1H3. The van der Waals surface area contributed by atoms with E-state index >= 15 is 0 Å². The number of nitrogens with zero attached hydrogens (tertiary/aromatic N) is 2. The lowest BCUT2D eigenvalue weighted by Gasteiger charge is -2.31. The van der Waals surface area contributed by atoms with Gasteiger partial charge in [0.2, 0.25) is 0 Å². The summed E-state index contributed by atoms with van der Waals surface area (Å²) in [5, 5.41) is 0.689. The summed E-state index contributed by atoms with van der Waals surface area (Å²) in [6, 6.07) is 0.323. The Balaban J connectivity index is 1.87. The summed E-state index contributed by atoms with van der Waals surface area (Å²) in [5.74, 6) is 0.864. The molecule has 1 saturated carbocycles. The zero-order chi connectivity index (χ0) is 9.26. The lowest BCUT2D eigenvalue weighted by Crippen LogP contribution is -2.43. The normalized spacial score (nSPS) is 26.9. The van der Waals surface area contributed by atoms with Crippen LogP contribution < -0.4 is 10.5 Å². The topological polar surface area (TPSA) is 61.0 Å². The maximum Gasteiger partial charge on any atom is 0.293 e. The van der Waals surface area contributed by atoms with Gasteiger partial charge in [-0.2, -0.15) is 9.36 Å². The fourth-order valence-electron chi connectivity index (χ4n) is 1.27. The first kappa shape index (κ1) is 8.90. The number of aryl methyl sites for hydroxylation is 1. The first-order valence-electron chi connectivity index (χ1n) is 4.52. The van der Waals surface area contributed by atoms with Gasteiger partial charge in [-0.05, 0) is 12.8 Å². The third kappa shape index (κ3) is 1.97. The smallest absolute Gasteiger partial charge is 0.293 e. The van der Waals surface area contributed by atoms with Crippen molar-refractivity contribution < 1.29 is 4.74 Å². The van der Waals surface area contributed by atoms with Gasteiger partial charge in [0, 0.05) is 24.0 Å². The highest BCUT2D eigenvalue weighted by Crippen LogP contribution is 2.25. The van der Waals surface area contributed by atoms with Gasteiger partial charge in [0.1, 0.15) is 11.9 Å². The molecule has 1 fully saturated rings. The van der Waals surface area contributed by atoms with Crippen molar-refractivity contribution in [3.63, 3.8) is 0 Å². The second-order valence-corrected chi connectivity index (χ2v) is 4.02. The first-order chi connectivity index (χ1) is 6.28. The summed E-state index contributed by atoms with van der Waals surface area (Å²) in [5.41, 5.74) is 5.64. The van der Waals surface area contributed by atoms with Gasteiger partial charge in [-0.3, -0.25) is 0 Å². The molecule has 1 heterocycles. The van der Waals surface area contributed by atoms with Crippen LogP contribution in [0.25, 0.3) is 0 Å². The average molecular weight is 199 g/mol. The average Bonchev–Trinajstić information content (AvgIpc) is 2.50. The van der Waals surface area contributed by atoms with Gasteiger partial charge in [-0.15, -0.1) is 0 Å². The third-order valence-electron chi connectivity index (χ3n) is 2.16. The fraction of sp³-hybridized carbons (Fsp3) is 0.750. The predicted molar refractivity (Wildman–Crippen MR) is 50.9 cm³/mol. The lowest BCUT2D eigenvalue weighted by molar-refractivity contribution is 0.100. The molecule has 0 aliphatic heterocycles. The van der Waals surface area contributed by atoms with Crippen LogP contribution in [0.2, 0.25) is 0 Å². The summed E-state index contributed by atoms with van der Waals surface area (Å²) in [4.78, 5) is 4.22. The van der Waals surface area contributed by atoms with E-state index in [1.807, 2.05) is 6.92 Å². The molecule has 1 aromatic rings. The predicted octanol–water partition coefficient (Wildman–Crippen LogP) is 0.969. The van der Waals surface area contributed by atoms with E-state index in [2.05, 4.69) is 9.36 Å². The van der Waals surface area contributed by atoms with Gasteiger partial charge in [0.15, 0.2) is 0 Å². The van der Waals surface area contributed by atoms with E-state index in [0.717, 1.165) is 25.1 Å². The van der Waals surface area contributed by atoms with E-state index in [1.54, 1.807) is 0 Å². The van der Waals surface area contributed by atoms with Crippen LogP contribution in [-0.4, -0.2) is 21.5 Å². The Hall–Kier alpha value is -0.680. The Morgan fingerprint density at radius 3 is 2.92 bits per heavy atom. The number of nitrogens with two attached hydrogens (primary N) is 1. The number of aromatic nitrogens is 2. The number of hydrogen-bond donors (Lipinski definition) is 1. The second kappa shape index (κ2) is 3.59. The Morgan fingerprint density at radius 1 is 1.62 bits per heavy atom. The number of rotatable bonds is 3. The molecule has 2 N–H and O–H groups in total. The van der Waals surface area contributed by atoms with E-state index in [4.69, 9.17) is 10.5 Å². The maximum atomic E-state index is 5.64. The van der Waals surface area contributed by atoms with Crippen molar-refractivity contribution in [3.8, 4) is 5.19 Å². The van der Waals surface area contributed by atoms with Crippen molar-refractivity contribution >= 4 is 11.5 Å². The zero-order valence-corrected chi connectivity index (χ0v) is 8.38. The highest BCUT2D eigenvalue weighted by atomic mass is 32.1. The molecular weight excluding hydrogens is 186 g/mol. The van der Waals surface area contributed by atoms with Gasteiger partial charge < -0.3 is 10.5 Å². The summed E-state index contributed by atoms with van der Waals surface area (Å²) < 4.78 is 9.71. The fourth-order valence-corrected chi connectivity index (χ4v) is 1.95. The largest absolute Gasteiger partial charge is 0.466 e. The van der Waals surface area contributed by atoms with Crippen molar-refractivity contribution in [2.45, 2.75) is 38.3 Å². The summed E-state index contributed by atoms with van der Waals surface area (Å²) >= 11 is 1.33. The number of hydrogen-bond acceptors (Lipinski definition) is 5. The molecule has 0 amide bonds. The van der Waals surface area contributed by atoms with Crippen molar-refractivity contribution in [3.05, 3.63) is 5.82 Å². The minimum atomic E-state index is 0.271. The first-order valence-corrected chi connectivity index (χ1v) is 5.30. The molecular formula is C8H13N3OS. The number of ether oxygens (including phenoxy) is 1. The van der Waals surface area contributed by atoms with Gasteiger partial charge in [0.25, 0.3) is 5.19 Å². The third-order valence-corrected chi connectivity index (χ3v) is 2.81. The van der Waals surface area contributed by atoms with Crippen LogP contribution in [0.5, 0.6) is 5.19 Å². The molecule has 72 valence electrons. The molecule has 13 heavy (non-hydrogen) atoms. The van der Waals surface area contributed by atoms with Crippen LogP contribution in [0, 0.1) is 0 Å². The summed E-state index contributed by atoms with van der Waals surface area (Å²) in [7, 11) is 0. The molecule has 0 unspecified atom stereocenters. The van der Waals surface area contributed by atoms with Crippen LogP contribution >= 0.6 is 11.5 Å². The van der Waals surface area contributed by atoms with Crippen LogP contribution in [-0.2, 0) is 6.42 Å². The zero-order valence-electron chi connectivity index (χ0n) is 7.56. The Labute approximate surface area is 81.3 Å². The van der Waals surface area contributed by atoms with Gasteiger partial charge in [-0.25, -0.2) is 0 Å². The molecule has 1 aromatic heterocycles. The van der Waals surface area contributed by atoms with Crippen molar-refractivity contribution in [1.29, 1.82) is 0 Å². The molecule has 1 aliphatic carbocycles. The molecule has 5 heteroatoms. The maximum absolute atomic E-state index is 5.64. The second-order valence-electron chi connectivity index (χ2n) is 3.30.